The van der Waals surface area contributed by atoms with Crippen molar-refractivity contribution in [3.63, 3.8) is 0 Å². The smallest absolute Gasteiger partial charge is 0.243 e. The molecule has 0 aromatic heterocycles. The summed E-state index contributed by atoms with van der Waals surface area (Å²) in [7, 11) is -3.65. The predicted molar refractivity (Wildman–Crippen MR) is 107 cm³/mol. The van der Waals surface area contributed by atoms with Crippen LogP contribution in [0.2, 0.25) is 0 Å². The first-order valence-corrected chi connectivity index (χ1v) is 10.6. The Morgan fingerprint density at radius 3 is 2.10 bits per heavy atom. The van der Waals surface area contributed by atoms with Crippen molar-refractivity contribution in [2.24, 2.45) is 0 Å². The molecule has 1 saturated heterocycles. The van der Waals surface area contributed by atoms with Crippen molar-refractivity contribution in [2.45, 2.75) is 11.8 Å². The van der Waals surface area contributed by atoms with Gasteiger partial charge in [-0.05, 0) is 43.3 Å². The van der Waals surface area contributed by atoms with E-state index in [4.69, 9.17) is 0 Å². The van der Waals surface area contributed by atoms with E-state index in [1.165, 1.54) is 59.8 Å². The van der Waals surface area contributed by atoms with Crippen molar-refractivity contribution < 1.29 is 22.4 Å². The summed E-state index contributed by atoms with van der Waals surface area (Å²) in [5.74, 6) is -0.745. The number of hydrogen-bond donors (Lipinski definition) is 1. The number of amides is 1. The Bertz CT molecular complexity index is 983. The molecule has 1 heterocycles. The molecule has 0 atom stereocenters. The fraction of sp³-hybridized carbons (Fsp3) is 0.300. The SMILES string of the molecule is CC(=O)c1ccc(S(=O)(=O)N2CCN(CC(=O)Nc3ccc(F)cc3)CC2)cc1. The van der Waals surface area contributed by atoms with E-state index in [1.807, 2.05) is 4.90 Å². The van der Waals surface area contributed by atoms with Crippen LogP contribution >= 0.6 is 0 Å². The highest BCUT2D eigenvalue weighted by Gasteiger charge is 2.29. The average Bonchev–Trinajstić information content (AvgIpc) is 2.70. The first-order valence-electron chi connectivity index (χ1n) is 9.14. The van der Waals surface area contributed by atoms with Crippen LogP contribution in [0.3, 0.4) is 0 Å². The van der Waals surface area contributed by atoms with Gasteiger partial charge in [-0.2, -0.15) is 4.31 Å². The second kappa shape index (κ2) is 8.81. The summed E-state index contributed by atoms with van der Waals surface area (Å²) < 4.78 is 39.9. The summed E-state index contributed by atoms with van der Waals surface area (Å²) in [6.45, 7) is 2.91. The molecule has 154 valence electrons. The number of carbonyl (C=O) groups excluding carboxylic acids is 2. The van der Waals surface area contributed by atoms with Crippen molar-refractivity contribution in [1.29, 1.82) is 0 Å². The second-order valence-corrected chi connectivity index (χ2v) is 8.75. The zero-order chi connectivity index (χ0) is 21.0. The molecule has 0 aliphatic carbocycles. The number of ketones is 1. The Kier molecular flexibility index (Phi) is 6.41. The largest absolute Gasteiger partial charge is 0.325 e. The summed E-state index contributed by atoms with van der Waals surface area (Å²) in [5.41, 5.74) is 0.965. The van der Waals surface area contributed by atoms with Gasteiger partial charge in [-0.3, -0.25) is 14.5 Å². The Morgan fingerprint density at radius 1 is 0.966 bits per heavy atom. The van der Waals surface area contributed by atoms with Crippen LogP contribution in [0.5, 0.6) is 0 Å². The second-order valence-electron chi connectivity index (χ2n) is 6.82. The molecular weight excluding hydrogens is 397 g/mol. The summed E-state index contributed by atoms with van der Waals surface area (Å²) in [5, 5.41) is 2.69. The van der Waals surface area contributed by atoms with Crippen LogP contribution in [0, 0.1) is 5.82 Å². The fourth-order valence-corrected chi connectivity index (χ4v) is 4.50. The number of piperazine rings is 1. The van der Waals surface area contributed by atoms with Gasteiger partial charge in [-0.25, -0.2) is 12.8 Å². The minimum atomic E-state index is -3.65. The molecule has 0 saturated carbocycles. The monoisotopic (exact) mass is 419 g/mol. The maximum Gasteiger partial charge on any atom is 0.243 e. The van der Waals surface area contributed by atoms with Gasteiger partial charge in [0.15, 0.2) is 5.78 Å². The molecule has 2 aromatic carbocycles. The summed E-state index contributed by atoms with van der Waals surface area (Å²) in [6, 6.07) is 11.4. The number of rotatable bonds is 6. The third-order valence-electron chi connectivity index (χ3n) is 4.73. The molecule has 0 bridgehead atoms. The molecule has 2 aromatic rings. The van der Waals surface area contributed by atoms with Crippen LogP contribution in [0.15, 0.2) is 53.4 Å². The number of Topliss-reactive ketones (excluding diaryl/α,β-unsaturated/α-hetero) is 1. The van der Waals surface area contributed by atoms with Gasteiger partial charge in [0.25, 0.3) is 0 Å². The van der Waals surface area contributed by atoms with Crippen LogP contribution in [0.1, 0.15) is 17.3 Å². The lowest BCUT2D eigenvalue weighted by Crippen LogP contribution is -2.50. The van der Waals surface area contributed by atoms with E-state index in [0.29, 0.717) is 24.3 Å². The van der Waals surface area contributed by atoms with E-state index in [0.717, 1.165) is 0 Å². The Morgan fingerprint density at radius 2 is 1.55 bits per heavy atom. The number of nitrogens with zero attached hydrogens (tertiary/aromatic N) is 2. The maximum absolute atomic E-state index is 12.9. The molecule has 7 nitrogen and oxygen atoms in total. The Labute approximate surface area is 169 Å². The molecule has 0 spiro atoms. The van der Waals surface area contributed by atoms with Crippen molar-refractivity contribution >= 4 is 27.4 Å². The number of halogens is 1. The highest BCUT2D eigenvalue weighted by atomic mass is 32.2. The predicted octanol–water partition coefficient (Wildman–Crippen LogP) is 1.97. The van der Waals surface area contributed by atoms with Gasteiger partial charge in [-0.1, -0.05) is 12.1 Å². The van der Waals surface area contributed by atoms with Crippen molar-refractivity contribution in [1.82, 2.24) is 9.21 Å². The number of sulfonamides is 1. The first kappa shape index (κ1) is 21.1. The van der Waals surface area contributed by atoms with Gasteiger partial charge < -0.3 is 5.32 Å². The standard InChI is InChI=1S/C20H22FN3O4S/c1-15(25)16-2-8-19(9-3-16)29(27,28)24-12-10-23(11-13-24)14-20(26)22-18-6-4-17(21)5-7-18/h2-9H,10-14H2,1H3,(H,22,26). The van der Waals surface area contributed by atoms with Gasteiger partial charge in [0.2, 0.25) is 15.9 Å². The number of hydrogen-bond acceptors (Lipinski definition) is 5. The summed E-state index contributed by atoms with van der Waals surface area (Å²) in [6.07, 6.45) is 0. The topological polar surface area (TPSA) is 86.8 Å². The molecule has 1 amide bonds. The molecule has 0 unspecified atom stereocenters. The lowest BCUT2D eigenvalue weighted by atomic mass is 10.2. The molecule has 1 aliphatic heterocycles. The number of anilines is 1. The minimum absolute atomic E-state index is 0.124. The highest BCUT2D eigenvalue weighted by molar-refractivity contribution is 7.89. The van der Waals surface area contributed by atoms with Crippen molar-refractivity contribution in [2.75, 3.05) is 38.0 Å². The van der Waals surface area contributed by atoms with E-state index in [-0.39, 0.29) is 42.0 Å². The van der Waals surface area contributed by atoms with Gasteiger partial charge in [0, 0.05) is 37.4 Å². The lowest BCUT2D eigenvalue weighted by molar-refractivity contribution is -0.117. The number of carbonyl (C=O) groups is 2. The zero-order valence-electron chi connectivity index (χ0n) is 16.0. The quantitative estimate of drug-likeness (QED) is 0.724. The van der Waals surface area contributed by atoms with Crippen LogP contribution in [0.4, 0.5) is 10.1 Å². The van der Waals surface area contributed by atoms with Crippen LogP contribution < -0.4 is 5.32 Å². The van der Waals surface area contributed by atoms with E-state index in [2.05, 4.69) is 5.32 Å². The third kappa shape index (κ3) is 5.26. The van der Waals surface area contributed by atoms with E-state index >= 15 is 0 Å². The third-order valence-corrected chi connectivity index (χ3v) is 6.64. The van der Waals surface area contributed by atoms with Crippen molar-refractivity contribution in [3.05, 3.63) is 59.9 Å². The minimum Gasteiger partial charge on any atom is -0.325 e. The van der Waals surface area contributed by atoms with Crippen LogP contribution in [-0.4, -0.2) is 62.0 Å². The number of benzene rings is 2. The molecule has 1 fully saturated rings. The van der Waals surface area contributed by atoms with Gasteiger partial charge in [-0.15, -0.1) is 0 Å². The normalized spacial score (nSPS) is 15.8. The van der Waals surface area contributed by atoms with Crippen LogP contribution in [0.25, 0.3) is 0 Å². The summed E-state index contributed by atoms with van der Waals surface area (Å²) in [4.78, 5) is 25.5. The Hall–Kier alpha value is -2.62. The van der Waals surface area contributed by atoms with Gasteiger partial charge in [0.05, 0.1) is 11.4 Å². The Balaban J connectivity index is 1.54. The van der Waals surface area contributed by atoms with Crippen LogP contribution in [-0.2, 0) is 14.8 Å². The molecule has 3 rings (SSSR count). The molecule has 9 heteroatoms. The number of nitrogens with one attached hydrogen (secondary N) is 1. The molecule has 0 radical (unpaired) electrons. The van der Waals surface area contributed by atoms with Gasteiger partial charge >= 0.3 is 0 Å². The molecular formula is C20H22FN3O4S. The summed E-state index contributed by atoms with van der Waals surface area (Å²) >= 11 is 0. The molecule has 1 aliphatic rings. The first-order chi connectivity index (χ1) is 13.8. The van der Waals surface area contributed by atoms with E-state index in [1.54, 1.807) is 0 Å². The fourth-order valence-electron chi connectivity index (χ4n) is 3.08. The molecule has 1 N–H and O–H groups in total. The lowest BCUT2D eigenvalue weighted by Gasteiger charge is -2.33. The average molecular weight is 419 g/mol. The van der Waals surface area contributed by atoms with Gasteiger partial charge in [0.1, 0.15) is 5.82 Å². The van der Waals surface area contributed by atoms with E-state index in [9.17, 15) is 22.4 Å². The van der Waals surface area contributed by atoms with Crippen molar-refractivity contribution in [3.8, 4) is 0 Å². The highest BCUT2D eigenvalue weighted by Crippen LogP contribution is 2.18. The zero-order valence-corrected chi connectivity index (χ0v) is 16.8. The van der Waals surface area contributed by atoms with E-state index < -0.39 is 10.0 Å². The molecule has 29 heavy (non-hydrogen) atoms. The maximum atomic E-state index is 12.9.